The van der Waals surface area contributed by atoms with Crippen LogP contribution in [0, 0.1) is 0 Å². The number of rotatable bonds is 5. The molecule has 0 aliphatic heterocycles. The summed E-state index contributed by atoms with van der Waals surface area (Å²) in [7, 11) is 1.60. The van der Waals surface area contributed by atoms with Crippen molar-refractivity contribution in [2.45, 2.75) is 0 Å². The first-order valence-corrected chi connectivity index (χ1v) is 10.6. The van der Waals surface area contributed by atoms with Crippen LogP contribution in [0.5, 0.6) is 5.75 Å². The van der Waals surface area contributed by atoms with E-state index in [1.54, 1.807) is 18.7 Å². The molecular weight excluding hydrogens is 452 g/mol. The lowest BCUT2D eigenvalue weighted by molar-refractivity contribution is 0.415. The van der Waals surface area contributed by atoms with Gasteiger partial charge < -0.3 is 21.9 Å². The molecule has 0 fully saturated rings. The van der Waals surface area contributed by atoms with Crippen molar-refractivity contribution in [2.24, 2.45) is 20.5 Å². The minimum absolute atomic E-state index is 0.0344. The van der Waals surface area contributed by atoms with Gasteiger partial charge >= 0.3 is 0 Å². The van der Waals surface area contributed by atoms with E-state index < -0.39 is 0 Å². The predicted octanol–water partition coefficient (Wildman–Crippen LogP) is 4.38. The first-order chi connectivity index (χ1) is 15.5. The molecule has 4 aromatic heterocycles. The third-order valence-electron chi connectivity index (χ3n) is 4.28. The number of methoxy groups -OCH3 is 1. The van der Waals surface area contributed by atoms with Gasteiger partial charge in [-0.05, 0) is 18.2 Å². The molecule has 0 saturated heterocycles. The van der Waals surface area contributed by atoms with E-state index in [0.717, 1.165) is 16.0 Å². The largest absolute Gasteiger partial charge is 0.497 e. The zero-order valence-corrected chi connectivity index (χ0v) is 18.0. The Hall–Kier alpha value is -4.24. The zero-order valence-electron chi connectivity index (χ0n) is 16.4. The Bertz CT molecular complexity index is 1500. The number of anilines is 3. The van der Waals surface area contributed by atoms with E-state index in [1.807, 2.05) is 18.2 Å². The number of benzene rings is 1. The van der Waals surface area contributed by atoms with E-state index in [9.17, 15) is 0 Å². The molecule has 6 N–H and O–H groups in total. The molecule has 32 heavy (non-hydrogen) atoms. The number of nitrogens with zero attached hydrogens (tertiary/aromatic N) is 9. The molecular formula is C17H14N12OS2. The average molecular weight is 467 g/mol. The Kier molecular flexibility index (Phi) is 4.79. The van der Waals surface area contributed by atoms with Crippen LogP contribution in [-0.2, 0) is 0 Å². The molecule has 0 spiro atoms. The Morgan fingerprint density at radius 1 is 0.969 bits per heavy atom. The molecule has 13 nitrogen and oxygen atoms in total. The van der Waals surface area contributed by atoms with Crippen molar-refractivity contribution in [3.8, 4) is 5.75 Å². The molecule has 0 atom stereocenters. The fraction of sp³-hybridized carbons (Fsp3) is 0.0588. The van der Waals surface area contributed by atoms with E-state index in [0.29, 0.717) is 10.3 Å². The molecule has 15 heteroatoms. The molecule has 5 rings (SSSR count). The number of nitrogens with two attached hydrogens (primary N) is 3. The van der Waals surface area contributed by atoms with Gasteiger partial charge in [-0.1, -0.05) is 11.3 Å². The van der Waals surface area contributed by atoms with Gasteiger partial charge in [0.05, 0.1) is 17.3 Å². The van der Waals surface area contributed by atoms with Crippen LogP contribution in [0.1, 0.15) is 0 Å². The Morgan fingerprint density at radius 2 is 1.78 bits per heavy atom. The third-order valence-corrected chi connectivity index (χ3v) is 5.84. The number of azo groups is 2. The first kappa shape index (κ1) is 19.7. The maximum absolute atomic E-state index is 6.22. The van der Waals surface area contributed by atoms with Gasteiger partial charge in [-0.25, -0.2) is 15.0 Å². The number of nitrogen functional groups attached to an aromatic ring is 3. The number of thiazole rings is 2. The quantitative estimate of drug-likeness (QED) is 0.317. The van der Waals surface area contributed by atoms with E-state index in [4.69, 9.17) is 21.9 Å². The summed E-state index contributed by atoms with van der Waals surface area (Å²) in [6.45, 7) is 0. The van der Waals surface area contributed by atoms with Gasteiger partial charge in [-0.2, -0.15) is 4.52 Å². The lowest BCUT2D eigenvalue weighted by Crippen LogP contribution is -2.04. The minimum Gasteiger partial charge on any atom is -0.497 e. The topological polar surface area (TPSA) is 193 Å². The van der Waals surface area contributed by atoms with Crippen molar-refractivity contribution in [3.05, 3.63) is 29.8 Å². The molecule has 160 valence electrons. The summed E-state index contributed by atoms with van der Waals surface area (Å²) in [5.41, 5.74) is 19.7. The summed E-state index contributed by atoms with van der Waals surface area (Å²) in [4.78, 5) is 12.7. The SMILES string of the molecule is COc1ccc2nc(N=Nc3c(N)nc4c(N=Nc5nccs5)c(N)nn4c3N)sc2c1. The van der Waals surface area contributed by atoms with E-state index in [-0.39, 0.29) is 34.5 Å². The maximum Gasteiger partial charge on any atom is 0.231 e. The summed E-state index contributed by atoms with van der Waals surface area (Å²) in [5.74, 6) is 0.943. The van der Waals surface area contributed by atoms with Crippen molar-refractivity contribution in [2.75, 3.05) is 24.3 Å². The number of hydrogen-bond acceptors (Lipinski definition) is 14. The first-order valence-electron chi connectivity index (χ1n) is 8.94. The average Bonchev–Trinajstić information content (AvgIpc) is 3.50. The van der Waals surface area contributed by atoms with Crippen LogP contribution < -0.4 is 21.9 Å². The van der Waals surface area contributed by atoms with Crippen LogP contribution in [0.25, 0.3) is 15.9 Å². The van der Waals surface area contributed by atoms with Crippen molar-refractivity contribution >= 4 is 77.6 Å². The van der Waals surface area contributed by atoms with E-state index in [2.05, 4.69) is 40.5 Å². The molecule has 0 amide bonds. The molecule has 0 radical (unpaired) electrons. The monoisotopic (exact) mass is 466 g/mol. The van der Waals surface area contributed by atoms with Crippen molar-refractivity contribution in [1.82, 2.24) is 24.6 Å². The van der Waals surface area contributed by atoms with Gasteiger partial charge in [-0.15, -0.1) is 36.9 Å². The van der Waals surface area contributed by atoms with Gasteiger partial charge in [0.25, 0.3) is 0 Å². The van der Waals surface area contributed by atoms with Crippen LogP contribution in [0.2, 0.25) is 0 Å². The van der Waals surface area contributed by atoms with Crippen LogP contribution in [-0.4, -0.2) is 31.7 Å². The maximum atomic E-state index is 6.22. The fourth-order valence-electron chi connectivity index (χ4n) is 2.80. The molecule has 0 aliphatic carbocycles. The Balaban J connectivity index is 1.52. The number of fused-ring (bicyclic) bond motifs is 2. The van der Waals surface area contributed by atoms with Gasteiger partial charge in [0.15, 0.2) is 34.5 Å². The van der Waals surface area contributed by atoms with Gasteiger partial charge in [0.2, 0.25) is 10.3 Å². The highest BCUT2D eigenvalue weighted by Crippen LogP contribution is 2.37. The summed E-state index contributed by atoms with van der Waals surface area (Å²) in [6.07, 6.45) is 1.62. The summed E-state index contributed by atoms with van der Waals surface area (Å²) < 4.78 is 7.43. The molecule has 0 bridgehead atoms. The predicted molar refractivity (Wildman–Crippen MR) is 123 cm³/mol. The van der Waals surface area contributed by atoms with Crippen LogP contribution in [0.15, 0.2) is 50.2 Å². The highest BCUT2D eigenvalue weighted by atomic mass is 32.1. The van der Waals surface area contributed by atoms with Crippen LogP contribution in [0.3, 0.4) is 0 Å². The molecule has 0 saturated carbocycles. The summed E-state index contributed by atoms with van der Waals surface area (Å²) in [6, 6.07) is 5.54. The van der Waals surface area contributed by atoms with E-state index in [1.165, 1.54) is 27.2 Å². The summed E-state index contributed by atoms with van der Waals surface area (Å²) >= 11 is 2.67. The normalized spacial score (nSPS) is 12.0. The Morgan fingerprint density at radius 3 is 2.56 bits per heavy atom. The van der Waals surface area contributed by atoms with Gasteiger partial charge in [-0.3, -0.25) is 0 Å². The smallest absolute Gasteiger partial charge is 0.231 e. The molecule has 4 heterocycles. The molecule has 5 aromatic rings. The standard InChI is InChI=1S/C17H14N12OS2/c1-30-7-2-3-8-9(6-7)32-17(22-8)27-24-10-12(18)23-15-11(13(19)28-29(15)14(10)20)25-26-16-21-4-5-31-16/h2-6H,20H2,1H3,(H2,18,23)(H2,19,28). The zero-order chi connectivity index (χ0) is 22.2. The molecule has 0 aliphatic rings. The van der Waals surface area contributed by atoms with Crippen molar-refractivity contribution in [3.63, 3.8) is 0 Å². The van der Waals surface area contributed by atoms with Crippen LogP contribution >= 0.6 is 22.7 Å². The lowest BCUT2D eigenvalue weighted by atomic mass is 10.3. The highest BCUT2D eigenvalue weighted by Gasteiger charge is 2.19. The fourth-order valence-corrected chi connectivity index (χ4v) is 4.06. The Labute approximate surface area is 187 Å². The second-order valence-corrected chi connectivity index (χ2v) is 8.13. The molecule has 0 unspecified atom stereocenters. The van der Waals surface area contributed by atoms with E-state index >= 15 is 0 Å². The molecule has 1 aromatic carbocycles. The second kappa shape index (κ2) is 7.78. The lowest BCUT2D eigenvalue weighted by Gasteiger charge is -2.04. The van der Waals surface area contributed by atoms with Crippen LogP contribution in [0.4, 0.5) is 39.1 Å². The number of ether oxygens (including phenoxy) is 1. The van der Waals surface area contributed by atoms with Crippen molar-refractivity contribution in [1.29, 1.82) is 0 Å². The highest BCUT2D eigenvalue weighted by molar-refractivity contribution is 7.21. The van der Waals surface area contributed by atoms with Gasteiger partial charge in [0.1, 0.15) is 5.75 Å². The second-order valence-electron chi connectivity index (χ2n) is 6.24. The van der Waals surface area contributed by atoms with Gasteiger partial charge in [0, 0.05) is 11.6 Å². The number of hydrogen-bond donors (Lipinski definition) is 3. The number of aromatic nitrogens is 5. The minimum atomic E-state index is 0.0344. The third kappa shape index (κ3) is 3.44. The summed E-state index contributed by atoms with van der Waals surface area (Å²) in [5, 5.41) is 23.3. The van der Waals surface area contributed by atoms with Crippen molar-refractivity contribution < 1.29 is 4.74 Å².